The predicted molar refractivity (Wildman–Crippen MR) is 53.5 cm³/mol. The third-order valence-corrected chi connectivity index (χ3v) is 3.28. The third-order valence-electron chi connectivity index (χ3n) is 3.28. The van der Waals surface area contributed by atoms with Crippen LogP contribution in [0.1, 0.15) is 44.9 Å². The highest BCUT2D eigenvalue weighted by atomic mass is 16.3. The van der Waals surface area contributed by atoms with Crippen molar-refractivity contribution in [1.29, 1.82) is 0 Å². The van der Waals surface area contributed by atoms with Gasteiger partial charge in [0.25, 0.3) is 0 Å². The van der Waals surface area contributed by atoms with Crippen LogP contribution >= 0.6 is 0 Å². The van der Waals surface area contributed by atoms with E-state index in [-0.39, 0.29) is 0 Å². The van der Waals surface area contributed by atoms with Gasteiger partial charge in [-0.2, -0.15) is 0 Å². The summed E-state index contributed by atoms with van der Waals surface area (Å²) < 4.78 is 0. The van der Waals surface area contributed by atoms with Crippen molar-refractivity contribution >= 4 is 0 Å². The summed E-state index contributed by atoms with van der Waals surface area (Å²) >= 11 is 0. The quantitative estimate of drug-likeness (QED) is 0.659. The van der Waals surface area contributed by atoms with E-state index in [4.69, 9.17) is 10.2 Å². The van der Waals surface area contributed by atoms with E-state index in [1.54, 1.807) is 0 Å². The number of hydrogen-bond acceptors (Lipinski definition) is 2. The zero-order valence-electron chi connectivity index (χ0n) is 8.41. The molecule has 2 nitrogen and oxygen atoms in total. The van der Waals surface area contributed by atoms with Crippen molar-refractivity contribution in [3.63, 3.8) is 0 Å². The third kappa shape index (κ3) is 4.10. The highest BCUT2D eigenvalue weighted by Crippen LogP contribution is 2.30. The van der Waals surface area contributed by atoms with Crippen molar-refractivity contribution in [2.75, 3.05) is 13.2 Å². The average molecular weight is 186 g/mol. The normalized spacial score (nSPS) is 30.0. The van der Waals surface area contributed by atoms with Crippen LogP contribution in [0.25, 0.3) is 0 Å². The van der Waals surface area contributed by atoms with Crippen molar-refractivity contribution in [2.24, 2.45) is 11.8 Å². The molecule has 1 fully saturated rings. The molecule has 13 heavy (non-hydrogen) atoms. The Morgan fingerprint density at radius 1 is 0.769 bits per heavy atom. The first kappa shape index (κ1) is 11.0. The van der Waals surface area contributed by atoms with Crippen molar-refractivity contribution in [2.45, 2.75) is 44.9 Å². The summed E-state index contributed by atoms with van der Waals surface area (Å²) in [6.07, 6.45) is 8.31. The Morgan fingerprint density at radius 3 is 1.62 bits per heavy atom. The van der Waals surface area contributed by atoms with Gasteiger partial charge in [0.05, 0.1) is 0 Å². The molecular weight excluding hydrogens is 164 g/mol. The maximum absolute atomic E-state index is 8.84. The lowest BCUT2D eigenvalue weighted by molar-refractivity contribution is 0.237. The van der Waals surface area contributed by atoms with Crippen LogP contribution in [0.2, 0.25) is 0 Å². The first-order valence-corrected chi connectivity index (χ1v) is 5.58. The summed E-state index contributed by atoms with van der Waals surface area (Å²) in [5.41, 5.74) is 0. The van der Waals surface area contributed by atoms with Gasteiger partial charge < -0.3 is 10.2 Å². The molecule has 0 radical (unpaired) electrons. The highest BCUT2D eigenvalue weighted by Gasteiger charge is 2.17. The van der Waals surface area contributed by atoms with Gasteiger partial charge in [-0.15, -0.1) is 0 Å². The minimum Gasteiger partial charge on any atom is -0.396 e. The van der Waals surface area contributed by atoms with Crippen molar-refractivity contribution in [3.05, 3.63) is 0 Å². The summed E-state index contributed by atoms with van der Waals surface area (Å²) in [7, 11) is 0. The smallest absolute Gasteiger partial charge is 0.0433 e. The molecule has 0 heterocycles. The molecule has 2 heteroatoms. The average Bonchev–Trinajstić information content (AvgIpc) is 2.33. The lowest BCUT2D eigenvalue weighted by atomic mass is 9.94. The molecule has 1 aliphatic carbocycles. The first-order chi connectivity index (χ1) is 6.36. The highest BCUT2D eigenvalue weighted by molar-refractivity contribution is 4.70. The molecule has 2 unspecified atom stereocenters. The predicted octanol–water partition coefficient (Wildman–Crippen LogP) is 1.95. The van der Waals surface area contributed by atoms with Crippen molar-refractivity contribution < 1.29 is 10.2 Å². The van der Waals surface area contributed by atoms with Crippen molar-refractivity contribution in [3.8, 4) is 0 Å². The van der Waals surface area contributed by atoms with Gasteiger partial charge in [0, 0.05) is 13.2 Å². The second-order valence-corrected chi connectivity index (χ2v) is 4.26. The zero-order chi connectivity index (χ0) is 9.52. The van der Waals surface area contributed by atoms with Gasteiger partial charge in [0.1, 0.15) is 0 Å². The molecule has 0 aliphatic heterocycles. The molecule has 1 rings (SSSR count). The number of aliphatic hydroxyl groups is 2. The summed E-state index contributed by atoms with van der Waals surface area (Å²) in [5.74, 6) is 1.49. The largest absolute Gasteiger partial charge is 0.396 e. The molecule has 0 bridgehead atoms. The van der Waals surface area contributed by atoms with Crippen LogP contribution in [0.15, 0.2) is 0 Å². The van der Waals surface area contributed by atoms with E-state index in [0.717, 1.165) is 24.7 Å². The lowest BCUT2D eigenvalue weighted by Crippen LogP contribution is -2.03. The topological polar surface area (TPSA) is 40.5 Å². The Bertz CT molecular complexity index is 111. The number of aliphatic hydroxyl groups excluding tert-OH is 2. The summed E-state index contributed by atoms with van der Waals surface area (Å²) in [6.45, 7) is 0.685. The zero-order valence-corrected chi connectivity index (χ0v) is 8.41. The molecular formula is C11H22O2. The van der Waals surface area contributed by atoms with Gasteiger partial charge in [-0.05, 0) is 24.7 Å². The van der Waals surface area contributed by atoms with E-state index in [2.05, 4.69) is 0 Å². The van der Waals surface area contributed by atoms with Gasteiger partial charge in [0.2, 0.25) is 0 Å². The molecule has 78 valence electrons. The SMILES string of the molecule is OCCC1CCCC(CCO)CC1. The van der Waals surface area contributed by atoms with E-state index < -0.39 is 0 Å². The van der Waals surface area contributed by atoms with Crippen LogP contribution in [0.4, 0.5) is 0 Å². The summed E-state index contributed by atoms with van der Waals surface area (Å²) in [5, 5.41) is 17.7. The Balaban J connectivity index is 2.22. The van der Waals surface area contributed by atoms with E-state index in [1.165, 1.54) is 32.1 Å². The molecule has 2 atom stereocenters. The first-order valence-electron chi connectivity index (χ1n) is 5.58. The fourth-order valence-corrected chi connectivity index (χ4v) is 2.40. The van der Waals surface area contributed by atoms with Crippen LogP contribution in [0.5, 0.6) is 0 Å². The molecule has 0 aromatic heterocycles. The minimum atomic E-state index is 0.343. The second-order valence-electron chi connectivity index (χ2n) is 4.26. The van der Waals surface area contributed by atoms with Gasteiger partial charge in [-0.1, -0.05) is 32.1 Å². The Morgan fingerprint density at radius 2 is 1.23 bits per heavy atom. The molecule has 0 spiro atoms. The summed E-state index contributed by atoms with van der Waals surface area (Å²) in [6, 6.07) is 0. The van der Waals surface area contributed by atoms with Crippen LogP contribution in [0, 0.1) is 11.8 Å². The standard InChI is InChI=1S/C11H22O2/c12-8-6-10-2-1-3-11(5-4-10)7-9-13/h10-13H,1-9H2. The molecule has 0 aromatic rings. The maximum atomic E-state index is 8.84. The Labute approximate surface area is 81.0 Å². The van der Waals surface area contributed by atoms with E-state index in [1.807, 2.05) is 0 Å². The van der Waals surface area contributed by atoms with Gasteiger partial charge >= 0.3 is 0 Å². The minimum absolute atomic E-state index is 0.343. The number of hydrogen-bond donors (Lipinski definition) is 2. The molecule has 1 aliphatic rings. The maximum Gasteiger partial charge on any atom is 0.0433 e. The van der Waals surface area contributed by atoms with E-state index >= 15 is 0 Å². The van der Waals surface area contributed by atoms with Crippen LogP contribution < -0.4 is 0 Å². The van der Waals surface area contributed by atoms with Crippen LogP contribution in [-0.2, 0) is 0 Å². The monoisotopic (exact) mass is 186 g/mol. The molecule has 1 saturated carbocycles. The Kier molecular flexibility index (Phi) is 5.40. The molecule has 0 saturated heterocycles. The lowest BCUT2D eigenvalue weighted by Gasteiger charge is -2.13. The second kappa shape index (κ2) is 6.39. The van der Waals surface area contributed by atoms with Gasteiger partial charge in [-0.25, -0.2) is 0 Å². The fraction of sp³-hybridized carbons (Fsp3) is 1.00. The summed E-state index contributed by atoms with van der Waals surface area (Å²) in [4.78, 5) is 0. The van der Waals surface area contributed by atoms with Crippen molar-refractivity contribution in [1.82, 2.24) is 0 Å². The van der Waals surface area contributed by atoms with Crippen LogP contribution in [0.3, 0.4) is 0 Å². The molecule has 2 N–H and O–H groups in total. The molecule has 0 aromatic carbocycles. The number of rotatable bonds is 4. The Hall–Kier alpha value is -0.0800. The fourth-order valence-electron chi connectivity index (χ4n) is 2.40. The van der Waals surface area contributed by atoms with E-state index in [9.17, 15) is 0 Å². The molecule has 0 amide bonds. The van der Waals surface area contributed by atoms with Gasteiger partial charge in [0.15, 0.2) is 0 Å². The van der Waals surface area contributed by atoms with Gasteiger partial charge in [-0.3, -0.25) is 0 Å². The van der Waals surface area contributed by atoms with E-state index in [0.29, 0.717) is 13.2 Å². The van der Waals surface area contributed by atoms with Crippen LogP contribution in [-0.4, -0.2) is 23.4 Å².